The second-order valence-electron chi connectivity index (χ2n) is 16.4. The maximum absolute atomic E-state index is 13.5. The number of esters is 2. The fourth-order valence-corrected chi connectivity index (χ4v) is 9.94. The Hall–Kier alpha value is -2.58. The Kier molecular flexibility index (Phi) is 15.7. The number of ether oxygens (including phenoxy) is 2. The predicted octanol–water partition coefficient (Wildman–Crippen LogP) is 8.47. The molecular weight excluding hydrogens is 644 g/mol. The monoisotopic (exact) mass is 710 g/mol. The van der Waals surface area contributed by atoms with E-state index in [-0.39, 0.29) is 49.2 Å². The molecule has 0 heterocycles. The van der Waals surface area contributed by atoms with Gasteiger partial charge in [0.25, 0.3) is 0 Å². The van der Waals surface area contributed by atoms with Crippen molar-refractivity contribution in [2.45, 2.75) is 167 Å². The summed E-state index contributed by atoms with van der Waals surface area (Å²) in [6.07, 6.45) is 28.4. The molecule has 0 amide bonds. The highest BCUT2D eigenvalue weighted by molar-refractivity contribution is 6.01. The molecule has 0 unspecified atom stereocenters. The maximum atomic E-state index is 13.5. The van der Waals surface area contributed by atoms with Crippen molar-refractivity contribution >= 4 is 23.5 Å². The zero-order valence-electron chi connectivity index (χ0n) is 31.8. The van der Waals surface area contributed by atoms with E-state index in [1.165, 1.54) is 64.2 Å². The van der Waals surface area contributed by atoms with E-state index in [0.717, 1.165) is 44.1 Å². The van der Waals surface area contributed by atoms with Crippen LogP contribution in [0.1, 0.15) is 156 Å². The van der Waals surface area contributed by atoms with Crippen LogP contribution < -0.4 is 0 Å². The van der Waals surface area contributed by atoms with Crippen molar-refractivity contribution in [1.82, 2.24) is 0 Å². The van der Waals surface area contributed by atoms with E-state index in [2.05, 4.69) is 26.0 Å². The molecule has 0 aliphatic heterocycles. The van der Waals surface area contributed by atoms with Crippen molar-refractivity contribution in [3.63, 3.8) is 0 Å². The zero-order chi connectivity index (χ0) is 36.9. The molecule has 0 saturated heterocycles. The topological polar surface area (TPSA) is 127 Å². The molecular formula is C43H66O8. The smallest absolute Gasteiger partial charge is 0.306 e. The highest BCUT2D eigenvalue weighted by Crippen LogP contribution is 2.67. The van der Waals surface area contributed by atoms with Crippen LogP contribution in [-0.4, -0.2) is 58.6 Å². The van der Waals surface area contributed by atoms with Crippen LogP contribution in [-0.2, 0) is 28.7 Å². The van der Waals surface area contributed by atoms with E-state index in [1.54, 1.807) is 12.2 Å². The van der Waals surface area contributed by atoms with Gasteiger partial charge < -0.3 is 19.7 Å². The average molecular weight is 711 g/mol. The Morgan fingerprint density at radius 1 is 0.863 bits per heavy atom. The Balaban J connectivity index is 1.07. The zero-order valence-corrected chi connectivity index (χ0v) is 31.8. The molecule has 7 atom stereocenters. The summed E-state index contributed by atoms with van der Waals surface area (Å²) in [6, 6.07) is 0. The van der Waals surface area contributed by atoms with Gasteiger partial charge in [0.15, 0.2) is 12.4 Å². The van der Waals surface area contributed by atoms with Crippen LogP contribution in [0.4, 0.5) is 0 Å². The summed E-state index contributed by atoms with van der Waals surface area (Å²) in [6.45, 7) is 6.00. The number of allylic oxidation sites excluding steroid dienone is 6. The van der Waals surface area contributed by atoms with Gasteiger partial charge in [0, 0.05) is 16.7 Å². The lowest BCUT2D eigenvalue weighted by molar-refractivity contribution is -0.181. The van der Waals surface area contributed by atoms with Gasteiger partial charge in [0.1, 0.15) is 5.60 Å². The summed E-state index contributed by atoms with van der Waals surface area (Å²) in [5.74, 6) is -1.71. The first-order chi connectivity index (χ1) is 24.5. The van der Waals surface area contributed by atoms with Crippen LogP contribution in [0.25, 0.3) is 0 Å². The Labute approximate surface area is 306 Å². The molecule has 0 aromatic rings. The molecule has 8 heteroatoms. The maximum Gasteiger partial charge on any atom is 0.306 e. The molecule has 0 aromatic carbocycles. The van der Waals surface area contributed by atoms with Gasteiger partial charge in [-0.15, -0.1) is 0 Å². The number of ketones is 2. The average Bonchev–Trinajstić information content (AvgIpc) is 3.37. The molecule has 3 saturated carbocycles. The van der Waals surface area contributed by atoms with Crippen molar-refractivity contribution in [3.8, 4) is 0 Å². The largest absolute Gasteiger partial charge is 0.466 e. The first-order valence-corrected chi connectivity index (χ1v) is 20.3. The van der Waals surface area contributed by atoms with Gasteiger partial charge in [-0.25, -0.2) is 0 Å². The quantitative estimate of drug-likeness (QED) is 0.0651. The normalized spacial score (nSPS) is 31.2. The third-order valence-electron chi connectivity index (χ3n) is 12.9. The number of unbranched alkanes of at least 4 members (excludes halogenated alkanes) is 12. The molecule has 0 radical (unpaired) electrons. The molecule has 0 aromatic heterocycles. The highest BCUT2D eigenvalue weighted by atomic mass is 16.5. The van der Waals surface area contributed by atoms with Crippen molar-refractivity contribution in [2.75, 3.05) is 13.2 Å². The first-order valence-electron chi connectivity index (χ1n) is 20.3. The Morgan fingerprint density at radius 2 is 1.47 bits per heavy atom. The number of carbonyl (C=O) groups excluding carboxylic acids is 4. The number of hydrogen-bond acceptors (Lipinski definition) is 8. The van der Waals surface area contributed by atoms with E-state index < -0.39 is 46.9 Å². The van der Waals surface area contributed by atoms with Crippen LogP contribution >= 0.6 is 0 Å². The lowest BCUT2D eigenvalue weighted by Gasteiger charge is -2.59. The van der Waals surface area contributed by atoms with Crippen molar-refractivity contribution in [3.05, 3.63) is 36.0 Å². The van der Waals surface area contributed by atoms with Gasteiger partial charge in [0.05, 0.1) is 25.6 Å². The van der Waals surface area contributed by atoms with Gasteiger partial charge in [-0.3, -0.25) is 19.2 Å². The van der Waals surface area contributed by atoms with Crippen molar-refractivity contribution in [1.29, 1.82) is 0 Å². The molecule has 51 heavy (non-hydrogen) atoms. The molecule has 4 aliphatic carbocycles. The molecule has 2 N–H and O–H groups in total. The summed E-state index contributed by atoms with van der Waals surface area (Å²) >= 11 is 0. The van der Waals surface area contributed by atoms with E-state index >= 15 is 0 Å². The summed E-state index contributed by atoms with van der Waals surface area (Å²) in [5.41, 5.74) is -1.96. The molecule has 0 bridgehead atoms. The van der Waals surface area contributed by atoms with Gasteiger partial charge >= 0.3 is 11.9 Å². The fourth-order valence-electron chi connectivity index (χ4n) is 9.94. The molecule has 4 aliphatic rings. The minimum Gasteiger partial charge on any atom is -0.466 e. The predicted molar refractivity (Wildman–Crippen MR) is 199 cm³/mol. The van der Waals surface area contributed by atoms with Crippen LogP contribution in [0.2, 0.25) is 0 Å². The van der Waals surface area contributed by atoms with Gasteiger partial charge in [0.2, 0.25) is 5.78 Å². The van der Waals surface area contributed by atoms with Crippen molar-refractivity contribution < 1.29 is 38.9 Å². The summed E-state index contributed by atoms with van der Waals surface area (Å²) in [5, 5.41) is 23.4. The Morgan fingerprint density at radius 3 is 2.14 bits per heavy atom. The summed E-state index contributed by atoms with van der Waals surface area (Å²) in [4.78, 5) is 50.2. The third kappa shape index (κ3) is 10.3. The Bertz CT molecular complexity index is 1280. The van der Waals surface area contributed by atoms with Gasteiger partial charge in [-0.05, 0) is 88.2 Å². The van der Waals surface area contributed by atoms with E-state index in [1.807, 2.05) is 13.0 Å². The molecule has 3 fully saturated rings. The van der Waals surface area contributed by atoms with E-state index in [0.29, 0.717) is 13.0 Å². The molecule has 286 valence electrons. The standard InChI is InChI=1S/C43H66O8/c1-4-5-6-7-8-9-10-11-12-13-14-15-16-17-18-19-28-50-38(47)22-23-39(48)51-31-37(46)43(49)27-25-35-34-21-20-32-29-33(44)24-26-41(32,2)40(34)36(45)30-42(35,43)3/h11-12,24,26,29,34-36,40,45,49H,4-10,13-23,25,27-28,30-31H2,1-3H3/b12-11-/t34-,35-,36-,40+,41-,42-,43-/m0/s1. The molecule has 4 rings (SSSR count). The number of carbonyl (C=O) groups is 4. The summed E-state index contributed by atoms with van der Waals surface area (Å²) in [7, 11) is 0. The van der Waals surface area contributed by atoms with E-state index in [9.17, 15) is 29.4 Å². The number of hydrogen-bond donors (Lipinski definition) is 2. The van der Waals surface area contributed by atoms with Gasteiger partial charge in [-0.2, -0.15) is 0 Å². The molecule has 0 spiro atoms. The van der Waals surface area contributed by atoms with E-state index in [4.69, 9.17) is 9.47 Å². The first kappa shape index (κ1) is 41.2. The number of Topliss-reactive ketones (excluding diaryl/α,β-unsaturated/α-hetero) is 1. The fraction of sp³-hybridized carbons (Fsp3) is 0.767. The van der Waals surface area contributed by atoms with Crippen molar-refractivity contribution in [2.24, 2.45) is 28.6 Å². The minimum absolute atomic E-state index is 0.0153. The van der Waals surface area contributed by atoms with Crippen LogP contribution in [0.3, 0.4) is 0 Å². The number of fused-ring (bicyclic) bond motifs is 5. The molecule has 8 nitrogen and oxygen atoms in total. The number of rotatable bonds is 22. The second kappa shape index (κ2) is 19.5. The minimum atomic E-state index is -1.72. The van der Waals surface area contributed by atoms with Crippen LogP contribution in [0.15, 0.2) is 36.0 Å². The second-order valence-corrected chi connectivity index (χ2v) is 16.4. The number of aliphatic hydroxyl groups excluding tert-OH is 1. The van der Waals surface area contributed by atoms with Crippen LogP contribution in [0, 0.1) is 28.6 Å². The third-order valence-corrected chi connectivity index (χ3v) is 12.9. The number of aliphatic hydroxyl groups is 2. The lowest BCUT2D eigenvalue weighted by Crippen LogP contribution is -2.61. The summed E-state index contributed by atoms with van der Waals surface area (Å²) < 4.78 is 10.5. The highest BCUT2D eigenvalue weighted by Gasteiger charge is 2.68. The SMILES string of the molecule is CCCCCCCC/C=C\CCCCCCCCOC(=O)CCC(=O)OCC(=O)[C@@]1(O)CC[C@H]2[C@@H]3CCC4=CC(=O)C=C[C@]4(C)[C@H]3[C@@H](O)C[C@@]21C. The van der Waals surface area contributed by atoms with Crippen LogP contribution in [0.5, 0.6) is 0 Å². The lowest BCUT2D eigenvalue weighted by atomic mass is 9.46. The van der Waals surface area contributed by atoms with Gasteiger partial charge in [-0.1, -0.05) is 102 Å².